The number of rotatable bonds is 6. The van der Waals surface area contributed by atoms with Gasteiger partial charge >= 0.3 is 0 Å². The molecule has 2 aromatic rings. The lowest BCUT2D eigenvalue weighted by atomic mass is 10.3. The molecule has 106 valence electrons. The first-order valence-corrected chi connectivity index (χ1v) is 7.37. The maximum Gasteiger partial charge on any atom is 0.119 e. The summed E-state index contributed by atoms with van der Waals surface area (Å²) >= 11 is 9.27. The molecule has 5 heteroatoms. The molecule has 0 aliphatic carbocycles. The highest BCUT2D eigenvalue weighted by atomic mass is 79.9. The molecule has 2 rings (SSSR count). The molecule has 0 saturated heterocycles. The van der Waals surface area contributed by atoms with Crippen molar-refractivity contribution in [3.63, 3.8) is 0 Å². The number of anilines is 1. The second-order valence-electron chi connectivity index (χ2n) is 4.29. The molecule has 1 unspecified atom stereocenters. The van der Waals surface area contributed by atoms with Gasteiger partial charge in [0.15, 0.2) is 0 Å². The monoisotopic (exact) mass is 355 g/mol. The van der Waals surface area contributed by atoms with Crippen molar-refractivity contribution < 1.29 is 9.84 Å². The highest BCUT2D eigenvalue weighted by Gasteiger charge is 2.06. The molecule has 0 aromatic heterocycles. The SMILES string of the molecule is OC(CNc1ccc(Cl)c(Br)c1)COc1ccccc1. The lowest BCUT2D eigenvalue weighted by molar-refractivity contribution is 0.117. The van der Waals surface area contributed by atoms with Crippen molar-refractivity contribution in [1.29, 1.82) is 0 Å². The van der Waals surface area contributed by atoms with E-state index in [9.17, 15) is 5.11 Å². The summed E-state index contributed by atoms with van der Waals surface area (Å²) in [7, 11) is 0. The van der Waals surface area contributed by atoms with Gasteiger partial charge < -0.3 is 15.2 Å². The molecule has 0 saturated carbocycles. The van der Waals surface area contributed by atoms with Crippen LogP contribution in [0.25, 0.3) is 0 Å². The molecule has 2 aromatic carbocycles. The second kappa shape index (κ2) is 7.53. The number of hydrogen-bond acceptors (Lipinski definition) is 3. The summed E-state index contributed by atoms with van der Waals surface area (Å²) < 4.78 is 6.30. The van der Waals surface area contributed by atoms with Crippen molar-refractivity contribution in [3.8, 4) is 5.75 Å². The average molecular weight is 357 g/mol. The van der Waals surface area contributed by atoms with Gasteiger partial charge in [0.1, 0.15) is 18.5 Å². The first-order chi connectivity index (χ1) is 9.65. The maximum atomic E-state index is 9.87. The first-order valence-electron chi connectivity index (χ1n) is 6.20. The van der Waals surface area contributed by atoms with Crippen LogP contribution in [-0.2, 0) is 0 Å². The standard InChI is InChI=1S/C15H15BrClNO2/c16-14-8-11(6-7-15(14)17)18-9-12(19)10-20-13-4-2-1-3-5-13/h1-8,12,18-19H,9-10H2. The molecule has 0 bridgehead atoms. The highest BCUT2D eigenvalue weighted by molar-refractivity contribution is 9.10. The highest BCUT2D eigenvalue weighted by Crippen LogP contribution is 2.25. The van der Waals surface area contributed by atoms with Gasteiger partial charge in [-0.1, -0.05) is 29.8 Å². The molecule has 0 aliphatic heterocycles. The number of ether oxygens (including phenoxy) is 1. The lowest BCUT2D eigenvalue weighted by Crippen LogP contribution is -2.26. The summed E-state index contributed by atoms with van der Waals surface area (Å²) in [6.07, 6.45) is -0.593. The number of para-hydroxylation sites is 1. The summed E-state index contributed by atoms with van der Waals surface area (Å²) in [4.78, 5) is 0. The zero-order chi connectivity index (χ0) is 14.4. The van der Waals surface area contributed by atoms with Crippen molar-refractivity contribution in [2.45, 2.75) is 6.10 Å². The van der Waals surface area contributed by atoms with Crippen molar-refractivity contribution >= 4 is 33.2 Å². The van der Waals surface area contributed by atoms with Gasteiger partial charge in [0.2, 0.25) is 0 Å². The van der Waals surface area contributed by atoms with Gasteiger partial charge in [-0.15, -0.1) is 0 Å². The first kappa shape index (κ1) is 15.2. The topological polar surface area (TPSA) is 41.5 Å². The van der Waals surface area contributed by atoms with E-state index in [4.69, 9.17) is 16.3 Å². The predicted octanol–water partition coefficient (Wildman–Crippen LogP) is 3.95. The zero-order valence-corrected chi connectivity index (χ0v) is 13.1. The van der Waals surface area contributed by atoms with Gasteiger partial charge in [0, 0.05) is 16.7 Å². The van der Waals surface area contributed by atoms with E-state index in [0.29, 0.717) is 11.6 Å². The molecular formula is C15H15BrClNO2. The van der Waals surface area contributed by atoms with E-state index in [2.05, 4.69) is 21.2 Å². The molecule has 20 heavy (non-hydrogen) atoms. The van der Waals surface area contributed by atoms with E-state index in [0.717, 1.165) is 15.9 Å². The van der Waals surface area contributed by atoms with Gasteiger partial charge in [0.25, 0.3) is 0 Å². The summed E-state index contributed by atoms with van der Waals surface area (Å²) in [6, 6.07) is 14.9. The van der Waals surface area contributed by atoms with E-state index in [-0.39, 0.29) is 6.61 Å². The van der Waals surface area contributed by atoms with Gasteiger partial charge in [-0.2, -0.15) is 0 Å². The number of benzene rings is 2. The van der Waals surface area contributed by atoms with Crippen LogP contribution in [0.1, 0.15) is 0 Å². The molecule has 0 spiro atoms. The van der Waals surface area contributed by atoms with Crippen LogP contribution in [0.2, 0.25) is 5.02 Å². The molecule has 3 nitrogen and oxygen atoms in total. The third-order valence-electron chi connectivity index (χ3n) is 2.65. The smallest absolute Gasteiger partial charge is 0.119 e. The Labute approximate surface area is 131 Å². The van der Waals surface area contributed by atoms with E-state index >= 15 is 0 Å². The fourth-order valence-corrected chi connectivity index (χ4v) is 2.11. The Balaban J connectivity index is 1.77. The molecule has 0 heterocycles. The van der Waals surface area contributed by atoms with Gasteiger partial charge in [-0.3, -0.25) is 0 Å². The Morgan fingerprint density at radius 1 is 1.20 bits per heavy atom. The Morgan fingerprint density at radius 3 is 2.65 bits per heavy atom. The average Bonchev–Trinajstić information content (AvgIpc) is 2.47. The number of hydrogen-bond donors (Lipinski definition) is 2. The fraction of sp³-hybridized carbons (Fsp3) is 0.200. The van der Waals surface area contributed by atoms with Gasteiger partial charge in [0.05, 0.1) is 5.02 Å². The quantitative estimate of drug-likeness (QED) is 0.823. The third-order valence-corrected chi connectivity index (χ3v) is 3.86. The summed E-state index contributed by atoms with van der Waals surface area (Å²) in [5.41, 5.74) is 0.889. The minimum atomic E-state index is -0.593. The Bertz CT molecular complexity index is 551. The summed E-state index contributed by atoms with van der Waals surface area (Å²) in [5.74, 6) is 0.751. The van der Waals surface area contributed by atoms with Crippen LogP contribution in [0.4, 0.5) is 5.69 Å². The van der Waals surface area contributed by atoms with Crippen LogP contribution in [0.3, 0.4) is 0 Å². The Hall–Kier alpha value is -1.23. The largest absolute Gasteiger partial charge is 0.491 e. The van der Waals surface area contributed by atoms with Gasteiger partial charge in [-0.05, 0) is 46.3 Å². The van der Waals surface area contributed by atoms with E-state index in [1.807, 2.05) is 42.5 Å². The van der Waals surface area contributed by atoms with Crippen LogP contribution < -0.4 is 10.1 Å². The lowest BCUT2D eigenvalue weighted by Gasteiger charge is -2.14. The molecule has 1 atom stereocenters. The van der Waals surface area contributed by atoms with E-state index < -0.39 is 6.10 Å². The van der Waals surface area contributed by atoms with E-state index in [1.54, 1.807) is 6.07 Å². The molecular weight excluding hydrogens is 342 g/mol. The third kappa shape index (κ3) is 4.71. The normalized spacial score (nSPS) is 11.9. The van der Waals surface area contributed by atoms with Crippen molar-refractivity contribution in [3.05, 3.63) is 58.0 Å². The number of halogens is 2. The number of nitrogens with one attached hydrogen (secondary N) is 1. The molecule has 2 N–H and O–H groups in total. The Kier molecular flexibility index (Phi) is 5.71. The predicted molar refractivity (Wildman–Crippen MR) is 85.6 cm³/mol. The van der Waals surface area contributed by atoms with Crippen LogP contribution in [0.5, 0.6) is 5.75 Å². The number of aliphatic hydroxyl groups excluding tert-OH is 1. The van der Waals surface area contributed by atoms with Gasteiger partial charge in [-0.25, -0.2) is 0 Å². The summed E-state index contributed by atoms with van der Waals surface area (Å²) in [6.45, 7) is 0.646. The van der Waals surface area contributed by atoms with Crippen LogP contribution in [0.15, 0.2) is 53.0 Å². The van der Waals surface area contributed by atoms with Crippen molar-refractivity contribution in [2.24, 2.45) is 0 Å². The fourth-order valence-electron chi connectivity index (χ4n) is 1.61. The Morgan fingerprint density at radius 2 is 1.95 bits per heavy atom. The molecule has 0 aliphatic rings. The minimum absolute atomic E-state index is 0.242. The van der Waals surface area contributed by atoms with Crippen molar-refractivity contribution in [2.75, 3.05) is 18.5 Å². The van der Waals surface area contributed by atoms with Crippen LogP contribution in [0, 0.1) is 0 Å². The van der Waals surface area contributed by atoms with Crippen LogP contribution >= 0.6 is 27.5 Å². The molecule has 0 fully saturated rings. The minimum Gasteiger partial charge on any atom is -0.491 e. The van der Waals surface area contributed by atoms with Crippen molar-refractivity contribution in [1.82, 2.24) is 0 Å². The van der Waals surface area contributed by atoms with Crippen LogP contribution in [-0.4, -0.2) is 24.4 Å². The number of aliphatic hydroxyl groups is 1. The van der Waals surface area contributed by atoms with E-state index in [1.165, 1.54) is 0 Å². The molecule has 0 radical (unpaired) electrons. The maximum absolute atomic E-state index is 9.87. The second-order valence-corrected chi connectivity index (χ2v) is 5.55. The zero-order valence-electron chi connectivity index (χ0n) is 10.7. The summed E-state index contributed by atoms with van der Waals surface area (Å²) in [5, 5.41) is 13.7. The molecule has 0 amide bonds.